The molecule has 6 atom stereocenters. The topological polar surface area (TPSA) is 0 Å². The van der Waals surface area contributed by atoms with E-state index in [1.165, 1.54) is 45.7 Å². The lowest BCUT2D eigenvalue weighted by Crippen LogP contribution is -2.33. The van der Waals surface area contributed by atoms with Gasteiger partial charge in [-0.3, -0.25) is 0 Å². The minimum atomic E-state index is 1.01. The zero-order chi connectivity index (χ0) is 15.4. The lowest BCUT2D eigenvalue weighted by atomic mass is 9.58. The summed E-state index contributed by atoms with van der Waals surface area (Å²) in [5.74, 6) is 6.48. The highest BCUT2D eigenvalue weighted by Gasteiger charge is 2.36. The summed E-state index contributed by atoms with van der Waals surface area (Å²) < 4.78 is 0. The Balaban J connectivity index is 1.58. The molecule has 0 heterocycles. The van der Waals surface area contributed by atoms with Crippen LogP contribution in [-0.2, 0) is 0 Å². The summed E-state index contributed by atoms with van der Waals surface area (Å²) in [5.41, 5.74) is 0. The monoisotopic (exact) mass is 302 g/mol. The maximum absolute atomic E-state index is 2.55. The third-order valence-electron chi connectivity index (χ3n) is 7.80. The Morgan fingerprint density at radius 1 is 0.864 bits per heavy atom. The highest BCUT2D eigenvalue weighted by atomic mass is 14.4. The van der Waals surface area contributed by atoms with Crippen molar-refractivity contribution in [2.24, 2.45) is 35.5 Å². The summed E-state index contributed by atoms with van der Waals surface area (Å²) in [6, 6.07) is 0. The fourth-order valence-corrected chi connectivity index (χ4v) is 6.39. The Kier molecular flexibility index (Phi) is 6.34. The van der Waals surface area contributed by atoms with Gasteiger partial charge in [-0.2, -0.15) is 0 Å². The molecule has 0 saturated heterocycles. The van der Waals surface area contributed by atoms with Crippen LogP contribution in [0, 0.1) is 35.5 Å². The molecule has 3 aliphatic carbocycles. The Bertz CT molecular complexity index is 326. The largest absolute Gasteiger partial charge is 0.117 e. The second kappa shape index (κ2) is 8.25. The van der Waals surface area contributed by atoms with Crippen molar-refractivity contribution >= 4 is 7.28 Å². The Morgan fingerprint density at radius 3 is 2.36 bits per heavy atom. The molecule has 0 N–H and O–H groups in total. The highest BCUT2D eigenvalue weighted by Crippen LogP contribution is 2.47. The molecule has 0 aromatic rings. The highest BCUT2D eigenvalue weighted by molar-refractivity contribution is 6.33. The third kappa shape index (κ3) is 4.12. The summed E-state index contributed by atoms with van der Waals surface area (Å²) in [6.07, 6.45) is 20.1. The molecule has 1 heteroatoms. The molecule has 0 nitrogen and oxygen atoms in total. The van der Waals surface area contributed by atoms with Crippen molar-refractivity contribution in [1.82, 2.24) is 0 Å². The van der Waals surface area contributed by atoms with Crippen molar-refractivity contribution in [2.75, 3.05) is 0 Å². The van der Waals surface area contributed by atoms with Gasteiger partial charge >= 0.3 is 0 Å². The number of hydrogen-bond donors (Lipinski definition) is 0. The van der Waals surface area contributed by atoms with Crippen LogP contribution in [-0.4, -0.2) is 7.28 Å². The van der Waals surface area contributed by atoms with Crippen LogP contribution in [0.15, 0.2) is 0 Å². The van der Waals surface area contributed by atoms with Crippen molar-refractivity contribution in [2.45, 2.75) is 97.1 Å². The van der Waals surface area contributed by atoms with Crippen molar-refractivity contribution < 1.29 is 0 Å². The average molecular weight is 302 g/mol. The van der Waals surface area contributed by atoms with Crippen molar-refractivity contribution in [3.8, 4) is 0 Å². The van der Waals surface area contributed by atoms with Gasteiger partial charge in [-0.15, -0.1) is 0 Å². The van der Waals surface area contributed by atoms with Crippen LogP contribution < -0.4 is 0 Å². The lowest BCUT2D eigenvalue weighted by Gasteiger charge is -2.43. The summed E-state index contributed by atoms with van der Waals surface area (Å²) >= 11 is 0. The van der Waals surface area contributed by atoms with E-state index in [1.807, 2.05) is 0 Å². The van der Waals surface area contributed by atoms with E-state index in [0.717, 1.165) is 35.5 Å². The first-order valence-electron chi connectivity index (χ1n) is 10.8. The normalized spacial score (nSPS) is 40.7. The van der Waals surface area contributed by atoms with Crippen molar-refractivity contribution in [1.29, 1.82) is 0 Å². The number of rotatable bonds is 5. The van der Waals surface area contributed by atoms with Crippen LogP contribution in [0.5, 0.6) is 0 Å². The molecular weight excluding hydrogens is 263 g/mol. The molecule has 3 fully saturated rings. The van der Waals surface area contributed by atoms with E-state index in [9.17, 15) is 0 Å². The third-order valence-corrected chi connectivity index (χ3v) is 7.80. The Labute approximate surface area is 140 Å². The molecule has 3 saturated carbocycles. The van der Waals surface area contributed by atoms with E-state index in [4.69, 9.17) is 0 Å². The summed E-state index contributed by atoms with van der Waals surface area (Å²) in [6.45, 7) is 4.97. The Morgan fingerprint density at radius 2 is 1.59 bits per heavy atom. The number of hydrogen-bond acceptors (Lipinski definition) is 0. The van der Waals surface area contributed by atoms with E-state index < -0.39 is 0 Å². The first-order valence-corrected chi connectivity index (χ1v) is 10.8. The molecule has 0 aliphatic heterocycles. The summed E-state index contributed by atoms with van der Waals surface area (Å²) in [4.78, 5) is 0. The van der Waals surface area contributed by atoms with Gasteiger partial charge in [0.1, 0.15) is 7.28 Å². The average Bonchev–Trinajstić information content (AvgIpc) is 2.56. The lowest BCUT2D eigenvalue weighted by molar-refractivity contribution is 0.0869. The van der Waals surface area contributed by atoms with Gasteiger partial charge in [0.2, 0.25) is 0 Å². The first kappa shape index (κ1) is 16.9. The maximum Gasteiger partial charge on any atom is 0.117 e. The molecule has 3 rings (SSSR count). The van der Waals surface area contributed by atoms with Crippen LogP contribution >= 0.6 is 0 Å². The van der Waals surface area contributed by atoms with Gasteiger partial charge in [-0.05, 0) is 61.2 Å². The second-order valence-corrected chi connectivity index (χ2v) is 9.18. The quantitative estimate of drug-likeness (QED) is 0.521. The summed E-state index contributed by atoms with van der Waals surface area (Å²) in [7, 11) is 1.41. The van der Waals surface area contributed by atoms with Crippen molar-refractivity contribution in [3.63, 3.8) is 0 Å². The van der Waals surface area contributed by atoms with E-state index in [0.29, 0.717) is 0 Å². The van der Waals surface area contributed by atoms with Gasteiger partial charge < -0.3 is 0 Å². The van der Waals surface area contributed by atoms with Crippen LogP contribution in [0.25, 0.3) is 0 Å². The molecule has 22 heavy (non-hydrogen) atoms. The smallest absolute Gasteiger partial charge is 0.0893 e. The minimum absolute atomic E-state index is 1.01. The molecule has 0 aromatic carbocycles. The van der Waals surface area contributed by atoms with Gasteiger partial charge in [0, 0.05) is 0 Å². The number of fused-ring (bicyclic) bond motifs is 1. The van der Waals surface area contributed by atoms with Gasteiger partial charge in [0.15, 0.2) is 0 Å². The van der Waals surface area contributed by atoms with Crippen LogP contribution in [0.3, 0.4) is 0 Å². The SMILES string of the molecule is CBC[C@@H](CC1CCCCC1C)C1CCC2CCCCC2C1. The molecule has 5 unspecified atom stereocenters. The molecule has 0 amide bonds. The molecule has 0 aromatic heterocycles. The molecule has 0 bridgehead atoms. The van der Waals surface area contributed by atoms with Crippen LogP contribution in [0.1, 0.15) is 84.0 Å². The predicted octanol–water partition coefficient (Wildman–Crippen LogP) is 6.33. The first-order chi connectivity index (χ1) is 10.8. The van der Waals surface area contributed by atoms with E-state index in [1.54, 1.807) is 44.9 Å². The minimum Gasteiger partial charge on any atom is -0.0893 e. The predicted molar refractivity (Wildman–Crippen MR) is 99.8 cm³/mol. The van der Waals surface area contributed by atoms with E-state index >= 15 is 0 Å². The zero-order valence-corrected chi connectivity index (χ0v) is 15.4. The van der Waals surface area contributed by atoms with Crippen molar-refractivity contribution in [3.05, 3.63) is 0 Å². The van der Waals surface area contributed by atoms with Crippen LogP contribution in [0.4, 0.5) is 0 Å². The fourth-order valence-electron chi connectivity index (χ4n) is 6.39. The molecule has 3 aliphatic rings. The van der Waals surface area contributed by atoms with Gasteiger partial charge in [0.25, 0.3) is 0 Å². The molecular formula is C21H39B. The second-order valence-electron chi connectivity index (χ2n) is 9.18. The van der Waals surface area contributed by atoms with Gasteiger partial charge in [-0.25, -0.2) is 0 Å². The van der Waals surface area contributed by atoms with E-state index in [-0.39, 0.29) is 0 Å². The van der Waals surface area contributed by atoms with E-state index in [2.05, 4.69) is 13.7 Å². The standard InChI is InChI=1S/C21H39B/c1-16-7-3-4-9-18(16)13-21(15-22-2)20-12-11-17-8-5-6-10-19(17)14-20/h16-22H,3-15H2,1-2H3/t16?,17?,18?,19?,20?,21-/m1/s1. The zero-order valence-electron chi connectivity index (χ0n) is 15.4. The molecule has 0 radical (unpaired) electrons. The fraction of sp³-hybridized carbons (Fsp3) is 1.00. The Hall–Kier alpha value is 0.0649. The maximum atomic E-state index is 2.55. The van der Waals surface area contributed by atoms with Gasteiger partial charge in [-0.1, -0.05) is 71.4 Å². The molecule has 126 valence electrons. The molecule has 0 spiro atoms. The summed E-state index contributed by atoms with van der Waals surface area (Å²) in [5, 5.41) is 0. The van der Waals surface area contributed by atoms with Crippen LogP contribution in [0.2, 0.25) is 13.1 Å². The van der Waals surface area contributed by atoms with Gasteiger partial charge in [0.05, 0.1) is 0 Å².